The number of anilines is 2. The Morgan fingerprint density at radius 2 is 2.18 bits per heavy atom. The van der Waals surface area contributed by atoms with E-state index in [1.165, 1.54) is 17.4 Å². The largest absolute Gasteiger partial charge is 0.360 e. The summed E-state index contributed by atoms with van der Waals surface area (Å²) in [5.74, 6) is -0.413. The van der Waals surface area contributed by atoms with Crippen molar-refractivity contribution in [3.05, 3.63) is 64.6 Å². The van der Waals surface area contributed by atoms with Crippen LogP contribution in [0.3, 0.4) is 0 Å². The lowest BCUT2D eigenvalue weighted by atomic mass is 10.1. The molecule has 1 amide bonds. The molecule has 4 rings (SSSR count). The van der Waals surface area contributed by atoms with Gasteiger partial charge in [-0.05, 0) is 47.4 Å². The lowest BCUT2D eigenvalue weighted by Crippen LogP contribution is -2.31. The van der Waals surface area contributed by atoms with Gasteiger partial charge >= 0.3 is 0 Å². The molecule has 5 nitrogen and oxygen atoms in total. The molecule has 3 aromatic rings. The number of nitrogens with two attached hydrogens (primary N) is 1. The number of nitrogens with one attached hydrogen (secondary N) is 2. The first-order chi connectivity index (χ1) is 13.5. The number of carbonyl (C=O) groups is 1. The van der Waals surface area contributed by atoms with Gasteiger partial charge in [0.1, 0.15) is 5.82 Å². The summed E-state index contributed by atoms with van der Waals surface area (Å²) in [5, 5.41) is 6.94. The summed E-state index contributed by atoms with van der Waals surface area (Å²) in [6.07, 6.45) is 2.75. The monoisotopic (exact) mass is 416 g/mol. The molecule has 144 valence electrons. The van der Waals surface area contributed by atoms with Gasteiger partial charge < -0.3 is 16.4 Å². The van der Waals surface area contributed by atoms with E-state index < -0.39 is 5.82 Å². The quantitative estimate of drug-likeness (QED) is 0.565. The topological polar surface area (TPSA) is 80.0 Å². The van der Waals surface area contributed by atoms with Gasteiger partial charge in [-0.15, -0.1) is 0 Å². The number of hydrogen-bond donors (Lipinski definition) is 3. The van der Waals surface area contributed by atoms with Gasteiger partial charge in [-0.1, -0.05) is 35.1 Å². The van der Waals surface area contributed by atoms with Gasteiger partial charge in [0.2, 0.25) is 5.91 Å². The van der Waals surface area contributed by atoms with Crippen molar-refractivity contribution in [2.45, 2.75) is 18.9 Å². The normalized spacial score (nSPS) is 13.9. The van der Waals surface area contributed by atoms with Crippen LogP contribution in [0.15, 0.2) is 42.6 Å². The number of fused-ring (bicyclic) bond motifs is 1. The summed E-state index contributed by atoms with van der Waals surface area (Å²) in [6.45, 7) is 0.514. The predicted molar refractivity (Wildman–Crippen MR) is 111 cm³/mol. The van der Waals surface area contributed by atoms with Crippen LogP contribution in [0.25, 0.3) is 10.4 Å². The standard InChI is InChI=1S/C20H18ClFN4OS/c21-15-3-1-11(6-16(15)22)5-14(23)9-24-20-25-10-18(28-20)12-2-4-17-13(7-12)8-19(27)26-17/h1-4,6-7,10,14H,5,8-9,23H2,(H,24,25)(H,26,27)/t14-/m1/s1. The second kappa shape index (κ2) is 7.87. The summed E-state index contributed by atoms with van der Waals surface area (Å²) in [6, 6.07) is 10.5. The third-order valence-corrected chi connectivity index (χ3v) is 5.83. The van der Waals surface area contributed by atoms with Crippen molar-refractivity contribution < 1.29 is 9.18 Å². The summed E-state index contributed by atoms with van der Waals surface area (Å²) in [4.78, 5) is 16.9. The third-order valence-electron chi connectivity index (χ3n) is 4.52. The van der Waals surface area contributed by atoms with Crippen LogP contribution in [0.5, 0.6) is 0 Å². The molecule has 28 heavy (non-hydrogen) atoms. The van der Waals surface area contributed by atoms with Crippen LogP contribution in [0.4, 0.5) is 15.2 Å². The average Bonchev–Trinajstić information content (AvgIpc) is 3.28. The lowest BCUT2D eigenvalue weighted by Gasteiger charge is -2.12. The van der Waals surface area contributed by atoms with Crippen molar-refractivity contribution in [3.8, 4) is 10.4 Å². The molecule has 0 bridgehead atoms. The van der Waals surface area contributed by atoms with E-state index in [1.807, 2.05) is 18.2 Å². The Hall–Kier alpha value is -2.48. The van der Waals surface area contributed by atoms with E-state index in [0.29, 0.717) is 19.4 Å². The minimum absolute atomic E-state index is 0.0216. The first-order valence-corrected chi connectivity index (χ1v) is 10.00. The number of rotatable bonds is 6. The van der Waals surface area contributed by atoms with Gasteiger partial charge in [0, 0.05) is 24.5 Å². The minimum atomic E-state index is -0.435. The summed E-state index contributed by atoms with van der Waals surface area (Å²) < 4.78 is 13.5. The zero-order valence-electron chi connectivity index (χ0n) is 14.8. The number of nitrogens with zero attached hydrogens (tertiary/aromatic N) is 1. The number of amides is 1. The highest BCUT2D eigenvalue weighted by Crippen LogP contribution is 2.33. The number of halogens is 2. The molecule has 1 aliphatic heterocycles. The van der Waals surface area contributed by atoms with Crippen LogP contribution < -0.4 is 16.4 Å². The molecule has 1 atom stereocenters. The predicted octanol–water partition coefficient (Wildman–Crippen LogP) is 4.08. The van der Waals surface area contributed by atoms with Crippen molar-refractivity contribution in [2.75, 3.05) is 17.2 Å². The van der Waals surface area contributed by atoms with Crippen LogP contribution in [0, 0.1) is 5.82 Å². The Kier molecular flexibility index (Phi) is 5.30. The maximum Gasteiger partial charge on any atom is 0.228 e. The fraction of sp³-hybridized carbons (Fsp3) is 0.200. The molecule has 0 aliphatic carbocycles. The first-order valence-electron chi connectivity index (χ1n) is 8.80. The van der Waals surface area contributed by atoms with Crippen molar-refractivity contribution in [2.24, 2.45) is 5.73 Å². The highest BCUT2D eigenvalue weighted by atomic mass is 35.5. The van der Waals surface area contributed by atoms with Crippen molar-refractivity contribution in [1.29, 1.82) is 0 Å². The fourth-order valence-electron chi connectivity index (χ4n) is 3.13. The Bertz CT molecular complexity index is 1040. The van der Waals surface area contributed by atoms with Crippen LogP contribution in [-0.2, 0) is 17.6 Å². The Labute approximate surface area is 170 Å². The highest BCUT2D eigenvalue weighted by molar-refractivity contribution is 7.18. The molecule has 4 N–H and O–H groups in total. The third kappa shape index (κ3) is 4.16. The highest BCUT2D eigenvalue weighted by Gasteiger charge is 2.18. The van der Waals surface area contributed by atoms with E-state index in [0.717, 1.165) is 32.4 Å². The number of hydrogen-bond acceptors (Lipinski definition) is 5. The van der Waals surface area contributed by atoms with Gasteiger partial charge in [-0.25, -0.2) is 9.37 Å². The Morgan fingerprint density at radius 3 is 3.00 bits per heavy atom. The van der Waals surface area contributed by atoms with E-state index in [-0.39, 0.29) is 17.0 Å². The van der Waals surface area contributed by atoms with Gasteiger partial charge in [0.15, 0.2) is 5.13 Å². The molecule has 1 aromatic heterocycles. The fourth-order valence-corrected chi connectivity index (χ4v) is 4.07. The number of aromatic nitrogens is 1. The molecule has 0 unspecified atom stereocenters. The van der Waals surface area contributed by atoms with E-state index in [4.69, 9.17) is 17.3 Å². The maximum atomic E-state index is 13.5. The zero-order chi connectivity index (χ0) is 19.7. The Balaban J connectivity index is 1.36. The summed E-state index contributed by atoms with van der Waals surface area (Å²) >= 11 is 7.23. The van der Waals surface area contributed by atoms with Crippen LogP contribution in [-0.4, -0.2) is 23.5 Å². The number of thiazole rings is 1. The molecule has 1 aliphatic rings. The summed E-state index contributed by atoms with van der Waals surface area (Å²) in [7, 11) is 0. The molecule has 0 saturated carbocycles. The van der Waals surface area contributed by atoms with E-state index in [2.05, 4.69) is 15.6 Å². The van der Waals surface area contributed by atoms with E-state index in [9.17, 15) is 9.18 Å². The molecule has 0 spiro atoms. The summed E-state index contributed by atoms with van der Waals surface area (Å²) in [5.41, 5.74) is 9.87. The van der Waals surface area contributed by atoms with E-state index in [1.54, 1.807) is 18.3 Å². The van der Waals surface area contributed by atoms with Crippen LogP contribution in [0.1, 0.15) is 11.1 Å². The number of benzene rings is 2. The molecule has 0 saturated heterocycles. The van der Waals surface area contributed by atoms with Gasteiger partial charge in [0.25, 0.3) is 0 Å². The van der Waals surface area contributed by atoms with Gasteiger partial charge in [-0.3, -0.25) is 4.79 Å². The molecule has 8 heteroatoms. The van der Waals surface area contributed by atoms with Crippen molar-refractivity contribution in [3.63, 3.8) is 0 Å². The van der Waals surface area contributed by atoms with Crippen molar-refractivity contribution >= 4 is 39.7 Å². The van der Waals surface area contributed by atoms with Crippen LogP contribution >= 0.6 is 22.9 Å². The molecular formula is C20H18ClFN4OS. The van der Waals surface area contributed by atoms with Crippen molar-refractivity contribution in [1.82, 2.24) is 4.98 Å². The van der Waals surface area contributed by atoms with E-state index >= 15 is 0 Å². The lowest BCUT2D eigenvalue weighted by molar-refractivity contribution is -0.115. The molecule has 0 radical (unpaired) electrons. The van der Waals surface area contributed by atoms with Gasteiger partial charge in [-0.2, -0.15) is 0 Å². The average molecular weight is 417 g/mol. The minimum Gasteiger partial charge on any atom is -0.360 e. The van der Waals surface area contributed by atoms with Crippen LogP contribution in [0.2, 0.25) is 5.02 Å². The first kappa shape index (κ1) is 18.9. The SMILES string of the molecule is N[C@@H](CNc1ncc(-c2ccc3c(c2)CC(=O)N3)s1)Cc1ccc(Cl)c(F)c1. The second-order valence-electron chi connectivity index (χ2n) is 6.72. The zero-order valence-corrected chi connectivity index (χ0v) is 16.4. The smallest absolute Gasteiger partial charge is 0.228 e. The molecule has 0 fully saturated rings. The number of carbonyl (C=O) groups excluding carboxylic acids is 1. The molecular weight excluding hydrogens is 399 g/mol. The van der Waals surface area contributed by atoms with Gasteiger partial charge in [0.05, 0.1) is 16.3 Å². The maximum absolute atomic E-state index is 13.5. The Morgan fingerprint density at radius 1 is 1.32 bits per heavy atom. The molecule has 2 heterocycles. The molecule has 2 aromatic carbocycles. The second-order valence-corrected chi connectivity index (χ2v) is 8.16.